The van der Waals surface area contributed by atoms with Crippen LogP contribution in [0.2, 0.25) is 0 Å². The molecule has 3 heteroatoms. The molecule has 3 rings (SSSR count). The second-order valence-electron chi connectivity index (χ2n) is 4.09. The summed E-state index contributed by atoms with van der Waals surface area (Å²) in [6.45, 7) is 1.99. The molecule has 0 saturated carbocycles. The van der Waals surface area contributed by atoms with Crippen molar-refractivity contribution in [3.8, 4) is 11.5 Å². The van der Waals surface area contributed by atoms with Crippen LogP contribution in [-0.2, 0) is 0 Å². The lowest BCUT2D eigenvalue weighted by molar-refractivity contribution is 0.473. The standard InChI is InChI=1S/C14H10O3/c1-8-11-4-2-9(15)6-13(11)17-14-7-10(16)3-5-12(8)14/h2-7H,1H3,(H-,15,16)/p+1. The second-order valence-corrected chi connectivity index (χ2v) is 4.09. The van der Waals surface area contributed by atoms with Gasteiger partial charge in [-0.3, -0.25) is 0 Å². The van der Waals surface area contributed by atoms with Gasteiger partial charge in [-0.2, -0.15) is 0 Å². The molecule has 1 heterocycles. The lowest BCUT2D eigenvalue weighted by Crippen LogP contribution is -1.83. The molecule has 0 bridgehead atoms. The van der Waals surface area contributed by atoms with Crippen LogP contribution in [0.25, 0.3) is 21.9 Å². The highest BCUT2D eigenvalue weighted by Crippen LogP contribution is 2.31. The normalized spacial score (nSPS) is 11.1. The van der Waals surface area contributed by atoms with Crippen LogP contribution in [0.1, 0.15) is 5.56 Å². The van der Waals surface area contributed by atoms with E-state index in [-0.39, 0.29) is 11.5 Å². The van der Waals surface area contributed by atoms with E-state index in [1.807, 2.05) is 19.1 Å². The zero-order chi connectivity index (χ0) is 12.0. The van der Waals surface area contributed by atoms with Crippen LogP contribution in [0.4, 0.5) is 0 Å². The SMILES string of the molecule is Cc1c2ccc(O)cc2[o+]c2cc(O)ccc12. The Morgan fingerprint density at radius 2 is 1.29 bits per heavy atom. The molecule has 0 radical (unpaired) electrons. The molecule has 0 spiro atoms. The largest absolute Gasteiger partial charge is 0.508 e. The minimum absolute atomic E-state index is 0.167. The van der Waals surface area contributed by atoms with Gasteiger partial charge in [-0.25, -0.2) is 4.42 Å². The fraction of sp³-hybridized carbons (Fsp3) is 0.0714. The van der Waals surface area contributed by atoms with Crippen molar-refractivity contribution in [3.05, 3.63) is 42.0 Å². The van der Waals surface area contributed by atoms with E-state index in [1.165, 1.54) is 0 Å². The molecule has 84 valence electrons. The number of aromatic hydroxyl groups is 2. The first-order valence-electron chi connectivity index (χ1n) is 5.33. The molecule has 0 aliphatic carbocycles. The average molecular weight is 227 g/mol. The molecule has 2 N–H and O–H groups in total. The molecule has 2 aromatic carbocycles. The number of benzene rings is 2. The Morgan fingerprint density at radius 1 is 0.824 bits per heavy atom. The minimum Gasteiger partial charge on any atom is -0.508 e. The summed E-state index contributed by atoms with van der Waals surface area (Å²) in [4.78, 5) is 0. The van der Waals surface area contributed by atoms with Crippen LogP contribution in [0.3, 0.4) is 0 Å². The molecule has 0 aliphatic heterocycles. The number of rotatable bonds is 0. The van der Waals surface area contributed by atoms with Gasteiger partial charge in [0.05, 0.1) is 22.9 Å². The maximum Gasteiger partial charge on any atom is 0.364 e. The summed E-state index contributed by atoms with van der Waals surface area (Å²) >= 11 is 0. The zero-order valence-electron chi connectivity index (χ0n) is 9.27. The molecule has 3 aromatic rings. The lowest BCUT2D eigenvalue weighted by Gasteiger charge is -1.99. The Kier molecular flexibility index (Phi) is 1.95. The first-order chi connectivity index (χ1) is 8.15. The van der Waals surface area contributed by atoms with Gasteiger partial charge in [-0.15, -0.1) is 0 Å². The van der Waals surface area contributed by atoms with E-state index >= 15 is 0 Å². The van der Waals surface area contributed by atoms with E-state index < -0.39 is 0 Å². The highest BCUT2D eigenvalue weighted by atomic mass is 16.3. The van der Waals surface area contributed by atoms with Gasteiger partial charge in [0.15, 0.2) is 0 Å². The van der Waals surface area contributed by atoms with Crippen LogP contribution in [0, 0.1) is 6.92 Å². The smallest absolute Gasteiger partial charge is 0.364 e. The molecule has 0 aliphatic rings. The Balaban J connectivity index is 2.52. The van der Waals surface area contributed by atoms with Gasteiger partial charge in [-0.1, -0.05) is 0 Å². The summed E-state index contributed by atoms with van der Waals surface area (Å²) in [7, 11) is 0. The van der Waals surface area contributed by atoms with Crippen LogP contribution < -0.4 is 0 Å². The fourth-order valence-corrected chi connectivity index (χ4v) is 2.07. The molecular formula is C14H11O3+. The molecule has 3 nitrogen and oxygen atoms in total. The number of phenolic OH excluding ortho intramolecular Hbond substituents is 2. The summed E-state index contributed by atoms with van der Waals surface area (Å²) in [5, 5.41) is 20.8. The van der Waals surface area contributed by atoms with Crippen molar-refractivity contribution >= 4 is 21.9 Å². The molecule has 0 fully saturated rings. The number of aryl methyl sites for hydroxylation is 1. The van der Waals surface area contributed by atoms with Gasteiger partial charge in [0.2, 0.25) is 0 Å². The molecule has 0 unspecified atom stereocenters. The van der Waals surface area contributed by atoms with Crippen LogP contribution in [0.15, 0.2) is 40.8 Å². The van der Waals surface area contributed by atoms with Gasteiger partial charge < -0.3 is 10.2 Å². The van der Waals surface area contributed by atoms with Gasteiger partial charge in [-0.05, 0) is 36.8 Å². The highest BCUT2D eigenvalue weighted by Gasteiger charge is 2.17. The summed E-state index contributed by atoms with van der Waals surface area (Å²) in [5.74, 6) is 0.334. The molecule has 17 heavy (non-hydrogen) atoms. The molecule has 0 atom stereocenters. The minimum atomic E-state index is 0.167. The summed E-state index contributed by atoms with van der Waals surface area (Å²) in [5.41, 5.74) is 2.29. The van der Waals surface area contributed by atoms with Crippen molar-refractivity contribution in [1.29, 1.82) is 0 Å². The van der Waals surface area contributed by atoms with E-state index in [1.54, 1.807) is 24.3 Å². The van der Waals surface area contributed by atoms with Crippen molar-refractivity contribution in [1.82, 2.24) is 0 Å². The third-order valence-corrected chi connectivity index (χ3v) is 2.96. The van der Waals surface area contributed by atoms with Crippen molar-refractivity contribution in [2.24, 2.45) is 0 Å². The van der Waals surface area contributed by atoms with Gasteiger partial charge >= 0.3 is 11.2 Å². The van der Waals surface area contributed by atoms with Crippen LogP contribution >= 0.6 is 0 Å². The zero-order valence-corrected chi connectivity index (χ0v) is 9.27. The lowest BCUT2D eigenvalue weighted by atomic mass is 10.1. The van der Waals surface area contributed by atoms with Crippen LogP contribution in [-0.4, -0.2) is 10.2 Å². The number of hydrogen-bond donors (Lipinski definition) is 2. The van der Waals surface area contributed by atoms with Crippen molar-refractivity contribution in [2.45, 2.75) is 6.92 Å². The van der Waals surface area contributed by atoms with Gasteiger partial charge in [0.25, 0.3) is 0 Å². The Hall–Kier alpha value is -2.29. The predicted molar refractivity (Wildman–Crippen MR) is 66.2 cm³/mol. The summed E-state index contributed by atoms with van der Waals surface area (Å²) < 4.78 is 5.67. The maximum absolute atomic E-state index is 9.44. The average Bonchev–Trinajstić information content (AvgIpc) is 2.28. The van der Waals surface area contributed by atoms with Crippen molar-refractivity contribution < 1.29 is 14.6 Å². The molecule has 0 amide bonds. The third kappa shape index (κ3) is 1.47. The maximum atomic E-state index is 9.44. The van der Waals surface area contributed by atoms with Crippen LogP contribution in [0.5, 0.6) is 11.5 Å². The topological polar surface area (TPSA) is 51.8 Å². The summed E-state index contributed by atoms with van der Waals surface area (Å²) in [6.07, 6.45) is 0. The van der Waals surface area contributed by atoms with E-state index in [0.29, 0.717) is 11.2 Å². The number of phenols is 2. The Morgan fingerprint density at radius 3 is 1.76 bits per heavy atom. The van der Waals surface area contributed by atoms with E-state index in [2.05, 4.69) is 0 Å². The first-order valence-corrected chi connectivity index (χ1v) is 5.33. The summed E-state index contributed by atoms with van der Waals surface area (Å²) in [6, 6.07) is 10.1. The van der Waals surface area contributed by atoms with Crippen molar-refractivity contribution in [3.63, 3.8) is 0 Å². The second kappa shape index (κ2) is 3.35. The third-order valence-electron chi connectivity index (χ3n) is 2.96. The monoisotopic (exact) mass is 227 g/mol. The number of fused-ring (bicyclic) bond motifs is 2. The highest BCUT2D eigenvalue weighted by molar-refractivity contribution is 5.95. The first kappa shape index (κ1) is 9.90. The van der Waals surface area contributed by atoms with E-state index in [4.69, 9.17) is 4.42 Å². The fourth-order valence-electron chi connectivity index (χ4n) is 2.07. The Labute approximate surface area is 97.6 Å². The predicted octanol–water partition coefficient (Wildman–Crippen LogP) is 3.59. The van der Waals surface area contributed by atoms with E-state index in [0.717, 1.165) is 16.3 Å². The Bertz CT molecular complexity index is 672. The van der Waals surface area contributed by atoms with Crippen molar-refractivity contribution in [2.75, 3.05) is 0 Å². The molecular weight excluding hydrogens is 216 g/mol. The quantitative estimate of drug-likeness (QED) is 0.456. The molecule has 1 aromatic heterocycles. The molecule has 0 saturated heterocycles. The number of hydrogen-bond acceptors (Lipinski definition) is 2. The van der Waals surface area contributed by atoms with E-state index in [9.17, 15) is 10.2 Å². The van der Waals surface area contributed by atoms with Gasteiger partial charge in [0.1, 0.15) is 11.5 Å². The van der Waals surface area contributed by atoms with Gasteiger partial charge in [0, 0.05) is 0 Å².